The van der Waals surface area contributed by atoms with E-state index in [1.807, 2.05) is 24.3 Å². The van der Waals surface area contributed by atoms with Gasteiger partial charge in [-0.25, -0.2) is 9.59 Å². The molecule has 8 heteroatoms. The summed E-state index contributed by atoms with van der Waals surface area (Å²) in [6.45, 7) is 7.12. The summed E-state index contributed by atoms with van der Waals surface area (Å²) in [6, 6.07) is 5.72. The van der Waals surface area contributed by atoms with Gasteiger partial charge in [0.15, 0.2) is 0 Å². The minimum atomic E-state index is -1.82. The van der Waals surface area contributed by atoms with Crippen LogP contribution in [0.1, 0.15) is 18.4 Å². The van der Waals surface area contributed by atoms with Crippen molar-refractivity contribution in [3.05, 3.63) is 41.4 Å². The van der Waals surface area contributed by atoms with Crippen molar-refractivity contribution in [2.75, 3.05) is 33.4 Å². The van der Waals surface area contributed by atoms with Crippen LogP contribution < -0.4 is 10.1 Å². The Morgan fingerprint density at radius 3 is 2.46 bits per heavy atom. The zero-order chi connectivity index (χ0) is 19.8. The summed E-state index contributed by atoms with van der Waals surface area (Å²) in [6.07, 6.45) is 4.75. The van der Waals surface area contributed by atoms with Crippen LogP contribution in [0.15, 0.2) is 30.9 Å². The molecule has 1 rings (SSSR count). The molecule has 7 nitrogen and oxygen atoms in total. The van der Waals surface area contributed by atoms with Gasteiger partial charge < -0.3 is 25.0 Å². The molecule has 26 heavy (non-hydrogen) atoms. The monoisotopic (exact) mass is 387 g/mol. The number of carbonyl (C=O) groups is 2. The standard InChI is InChI=1S/C16H24ClNO2.C2H2O4/c1-3-6-14-13-15(17)7-8-16(14)20-11-5-4-9-18-10-12-19-2;3-1(4)2(5)6/h3,7-8,13,18H,1,4-6,9-12H2,2H3;(H,3,4)(H,5,6). The zero-order valence-electron chi connectivity index (χ0n) is 14.9. The topological polar surface area (TPSA) is 105 Å². The second-order valence-electron chi connectivity index (χ2n) is 5.15. The molecular weight excluding hydrogens is 362 g/mol. The van der Waals surface area contributed by atoms with Crippen molar-refractivity contribution < 1.29 is 29.3 Å². The number of hydrogen-bond acceptors (Lipinski definition) is 5. The van der Waals surface area contributed by atoms with Crippen molar-refractivity contribution in [3.8, 4) is 5.75 Å². The second kappa shape index (κ2) is 15.2. The molecule has 0 radical (unpaired) electrons. The molecule has 0 amide bonds. The summed E-state index contributed by atoms with van der Waals surface area (Å²) in [7, 11) is 1.71. The first-order valence-electron chi connectivity index (χ1n) is 8.10. The molecule has 0 spiro atoms. The van der Waals surface area contributed by atoms with Gasteiger partial charge in [-0.1, -0.05) is 17.7 Å². The Bertz CT molecular complexity index is 553. The van der Waals surface area contributed by atoms with Crippen LogP contribution in [-0.2, 0) is 20.7 Å². The fraction of sp³-hybridized carbons (Fsp3) is 0.444. The molecule has 0 unspecified atom stereocenters. The van der Waals surface area contributed by atoms with Crippen LogP contribution in [0.25, 0.3) is 0 Å². The van der Waals surface area contributed by atoms with Gasteiger partial charge in [-0.05, 0) is 49.6 Å². The molecule has 1 aromatic rings. The highest BCUT2D eigenvalue weighted by atomic mass is 35.5. The van der Waals surface area contributed by atoms with E-state index in [1.54, 1.807) is 7.11 Å². The van der Waals surface area contributed by atoms with Crippen molar-refractivity contribution in [2.45, 2.75) is 19.3 Å². The molecule has 0 aromatic heterocycles. The first-order valence-corrected chi connectivity index (χ1v) is 8.48. The van der Waals surface area contributed by atoms with Crippen LogP contribution in [-0.4, -0.2) is 55.6 Å². The predicted molar refractivity (Wildman–Crippen MR) is 100 cm³/mol. The van der Waals surface area contributed by atoms with E-state index in [9.17, 15) is 0 Å². The lowest BCUT2D eigenvalue weighted by Gasteiger charge is -2.11. The molecule has 0 bridgehead atoms. The molecule has 0 aliphatic rings. The van der Waals surface area contributed by atoms with Crippen LogP contribution in [0, 0.1) is 0 Å². The van der Waals surface area contributed by atoms with Crippen molar-refractivity contribution in [1.82, 2.24) is 5.32 Å². The Labute approximate surface area is 158 Å². The summed E-state index contributed by atoms with van der Waals surface area (Å²) in [5, 5.41) is 18.8. The highest BCUT2D eigenvalue weighted by molar-refractivity contribution is 6.30. The number of hydrogen-bond donors (Lipinski definition) is 3. The molecule has 0 saturated heterocycles. The van der Waals surface area contributed by atoms with E-state index in [0.717, 1.165) is 61.9 Å². The van der Waals surface area contributed by atoms with Crippen molar-refractivity contribution in [1.29, 1.82) is 0 Å². The average molecular weight is 388 g/mol. The Morgan fingerprint density at radius 1 is 1.19 bits per heavy atom. The molecule has 0 aliphatic heterocycles. The van der Waals surface area contributed by atoms with Crippen LogP contribution in [0.3, 0.4) is 0 Å². The number of nitrogens with one attached hydrogen (secondary N) is 1. The van der Waals surface area contributed by atoms with Gasteiger partial charge in [-0.3, -0.25) is 0 Å². The van der Waals surface area contributed by atoms with Gasteiger partial charge in [0.2, 0.25) is 0 Å². The first-order chi connectivity index (χ1) is 12.4. The van der Waals surface area contributed by atoms with Gasteiger partial charge in [-0.2, -0.15) is 0 Å². The number of carboxylic acids is 2. The Balaban J connectivity index is 0.000000896. The quantitative estimate of drug-likeness (QED) is 0.304. The third-order valence-electron chi connectivity index (χ3n) is 3.06. The lowest BCUT2D eigenvalue weighted by atomic mass is 10.1. The number of carboxylic acid groups (broad SMARTS) is 2. The van der Waals surface area contributed by atoms with E-state index >= 15 is 0 Å². The third kappa shape index (κ3) is 12.3. The fourth-order valence-corrected chi connectivity index (χ4v) is 2.03. The second-order valence-corrected chi connectivity index (χ2v) is 5.59. The van der Waals surface area contributed by atoms with E-state index in [0.29, 0.717) is 0 Å². The summed E-state index contributed by atoms with van der Waals surface area (Å²) in [5.41, 5.74) is 1.09. The zero-order valence-corrected chi connectivity index (χ0v) is 15.6. The average Bonchev–Trinajstić information content (AvgIpc) is 2.59. The third-order valence-corrected chi connectivity index (χ3v) is 3.29. The van der Waals surface area contributed by atoms with Crippen molar-refractivity contribution in [2.24, 2.45) is 0 Å². The number of methoxy groups -OCH3 is 1. The Kier molecular flexibility index (Phi) is 14.0. The molecule has 3 N–H and O–H groups in total. The maximum Gasteiger partial charge on any atom is 0.414 e. The molecule has 1 aromatic carbocycles. The van der Waals surface area contributed by atoms with Crippen molar-refractivity contribution >= 4 is 23.5 Å². The highest BCUT2D eigenvalue weighted by Gasteiger charge is 2.04. The molecule has 146 valence electrons. The number of aliphatic carboxylic acids is 2. The minimum Gasteiger partial charge on any atom is -0.493 e. The number of ether oxygens (including phenoxy) is 2. The molecular formula is C18H26ClNO6. The number of benzene rings is 1. The minimum absolute atomic E-state index is 0.720. The largest absolute Gasteiger partial charge is 0.493 e. The van der Waals surface area contributed by atoms with E-state index in [4.69, 9.17) is 40.9 Å². The summed E-state index contributed by atoms with van der Waals surface area (Å²) >= 11 is 5.99. The maximum atomic E-state index is 9.10. The number of unbranched alkanes of at least 4 members (excludes halogenated alkanes) is 1. The predicted octanol–water partition coefficient (Wildman–Crippen LogP) is 2.62. The van der Waals surface area contributed by atoms with E-state index in [1.165, 1.54) is 0 Å². The molecule has 0 atom stereocenters. The number of rotatable bonds is 11. The Hall–Kier alpha value is -2.09. The van der Waals surface area contributed by atoms with Gasteiger partial charge in [0.1, 0.15) is 5.75 Å². The molecule has 0 saturated carbocycles. The van der Waals surface area contributed by atoms with E-state index in [-0.39, 0.29) is 0 Å². The van der Waals surface area contributed by atoms with Crippen LogP contribution in [0.2, 0.25) is 5.02 Å². The van der Waals surface area contributed by atoms with Crippen LogP contribution >= 0.6 is 11.6 Å². The SMILES string of the molecule is C=CCc1cc(Cl)ccc1OCCCCNCCOC.O=C(O)C(=O)O. The van der Waals surface area contributed by atoms with Gasteiger partial charge in [0.25, 0.3) is 0 Å². The normalized spacial score (nSPS) is 9.77. The Morgan fingerprint density at radius 2 is 1.88 bits per heavy atom. The van der Waals surface area contributed by atoms with Crippen molar-refractivity contribution in [3.63, 3.8) is 0 Å². The van der Waals surface area contributed by atoms with E-state index < -0.39 is 11.9 Å². The van der Waals surface area contributed by atoms with Crippen LogP contribution in [0.5, 0.6) is 5.75 Å². The van der Waals surface area contributed by atoms with Crippen LogP contribution in [0.4, 0.5) is 0 Å². The van der Waals surface area contributed by atoms with Gasteiger partial charge in [0, 0.05) is 18.7 Å². The summed E-state index contributed by atoms with van der Waals surface area (Å²) in [4.78, 5) is 18.2. The fourth-order valence-electron chi connectivity index (χ4n) is 1.84. The number of allylic oxidation sites excluding steroid dienone is 1. The van der Waals surface area contributed by atoms with Gasteiger partial charge in [0.05, 0.1) is 13.2 Å². The molecule has 0 fully saturated rings. The summed E-state index contributed by atoms with van der Waals surface area (Å²) < 4.78 is 10.8. The first kappa shape index (κ1) is 23.9. The summed E-state index contributed by atoms with van der Waals surface area (Å²) in [5.74, 6) is -2.74. The lowest BCUT2D eigenvalue weighted by molar-refractivity contribution is -0.159. The molecule has 0 aliphatic carbocycles. The van der Waals surface area contributed by atoms with E-state index in [2.05, 4.69) is 11.9 Å². The molecule has 0 heterocycles. The smallest absolute Gasteiger partial charge is 0.414 e. The highest BCUT2D eigenvalue weighted by Crippen LogP contribution is 2.23. The number of halogens is 1. The van der Waals surface area contributed by atoms with Gasteiger partial charge in [-0.15, -0.1) is 6.58 Å². The van der Waals surface area contributed by atoms with Gasteiger partial charge >= 0.3 is 11.9 Å². The maximum absolute atomic E-state index is 9.10. The lowest BCUT2D eigenvalue weighted by Crippen LogP contribution is -2.20.